The van der Waals surface area contributed by atoms with Crippen molar-refractivity contribution in [3.05, 3.63) is 12.7 Å². The molecule has 0 amide bonds. The van der Waals surface area contributed by atoms with Crippen molar-refractivity contribution in [3.8, 4) is 0 Å². The van der Waals surface area contributed by atoms with E-state index in [2.05, 4.69) is 11.6 Å². The lowest BCUT2D eigenvalue weighted by atomic mass is 9.96. The highest BCUT2D eigenvalue weighted by atomic mass is 28.2. The number of hydrogen-bond donors (Lipinski definition) is 1. The van der Waals surface area contributed by atoms with Gasteiger partial charge in [0.2, 0.25) is 0 Å². The van der Waals surface area contributed by atoms with Crippen molar-refractivity contribution in [2.24, 2.45) is 0 Å². The van der Waals surface area contributed by atoms with Crippen LogP contribution in [0.15, 0.2) is 12.7 Å². The van der Waals surface area contributed by atoms with Gasteiger partial charge in [0.05, 0.1) is 9.68 Å². The fourth-order valence-corrected chi connectivity index (χ4v) is 2.88. The second kappa shape index (κ2) is 5.55. The molecule has 0 aromatic heterocycles. The zero-order valence-electron chi connectivity index (χ0n) is 7.31. The molecule has 0 atom stereocenters. The van der Waals surface area contributed by atoms with Crippen molar-refractivity contribution in [2.75, 3.05) is 0 Å². The zero-order chi connectivity index (χ0) is 7.94. The van der Waals surface area contributed by atoms with Crippen LogP contribution in [0.5, 0.6) is 0 Å². The molecule has 64 valence electrons. The number of nitrogens with one attached hydrogen (secondary N) is 1. The highest BCUT2D eigenvalue weighted by Gasteiger charge is 2.10. The van der Waals surface area contributed by atoms with Gasteiger partial charge < -0.3 is 4.98 Å². The molecule has 0 aromatic rings. The van der Waals surface area contributed by atoms with E-state index in [1.807, 2.05) is 6.08 Å². The Hall–Kier alpha value is -0.0831. The van der Waals surface area contributed by atoms with E-state index >= 15 is 0 Å². The summed E-state index contributed by atoms with van der Waals surface area (Å²) < 4.78 is 0. The first kappa shape index (κ1) is 9.01. The van der Waals surface area contributed by atoms with E-state index < -0.39 is 0 Å². The summed E-state index contributed by atoms with van der Waals surface area (Å²) in [7, 11) is -0.00162. The Balaban J connectivity index is 2.00. The Kier molecular flexibility index (Phi) is 4.55. The van der Waals surface area contributed by atoms with Crippen molar-refractivity contribution in [2.45, 2.75) is 44.2 Å². The molecule has 1 aliphatic rings. The lowest BCUT2D eigenvalue weighted by Crippen LogP contribution is -2.33. The van der Waals surface area contributed by atoms with Crippen LogP contribution < -0.4 is 4.98 Å². The first-order chi connectivity index (χ1) is 5.43. The Morgan fingerprint density at radius 2 is 2.09 bits per heavy atom. The molecule has 1 N–H and O–H groups in total. The fourth-order valence-electron chi connectivity index (χ4n) is 1.70. The molecule has 0 unspecified atom stereocenters. The summed E-state index contributed by atoms with van der Waals surface area (Å²) >= 11 is 0. The third-order valence-electron chi connectivity index (χ3n) is 2.39. The van der Waals surface area contributed by atoms with Crippen molar-refractivity contribution in [1.29, 1.82) is 0 Å². The number of hydrogen-bond acceptors (Lipinski definition) is 1. The molecule has 0 bridgehead atoms. The highest BCUT2D eigenvalue weighted by molar-refractivity contribution is 6.32. The van der Waals surface area contributed by atoms with Gasteiger partial charge in [-0.05, 0) is 24.9 Å². The number of rotatable bonds is 4. The minimum atomic E-state index is -0.00162. The molecule has 0 saturated heterocycles. The highest BCUT2D eigenvalue weighted by Crippen LogP contribution is 2.16. The molecule has 1 rings (SSSR count). The SMILES string of the molecule is C=CC[SiH2]NC1CCCCC1. The summed E-state index contributed by atoms with van der Waals surface area (Å²) in [5.74, 6) is 0. The molecule has 2 heteroatoms. The first-order valence-electron chi connectivity index (χ1n) is 4.78. The maximum Gasteiger partial charge on any atom is 0.0956 e. The van der Waals surface area contributed by atoms with Gasteiger partial charge in [-0.15, -0.1) is 6.58 Å². The van der Waals surface area contributed by atoms with Crippen LogP contribution in [-0.4, -0.2) is 15.7 Å². The summed E-state index contributed by atoms with van der Waals surface area (Å²) in [5, 5.41) is 0. The second-order valence-electron chi connectivity index (χ2n) is 3.37. The molecule has 0 spiro atoms. The van der Waals surface area contributed by atoms with Gasteiger partial charge in [-0.2, -0.15) is 0 Å². The van der Waals surface area contributed by atoms with Gasteiger partial charge in [0.15, 0.2) is 0 Å². The topological polar surface area (TPSA) is 12.0 Å². The maximum atomic E-state index is 3.74. The minimum absolute atomic E-state index is 0.00162. The molecule has 0 aliphatic heterocycles. The summed E-state index contributed by atoms with van der Waals surface area (Å²) in [4.78, 5) is 3.69. The van der Waals surface area contributed by atoms with E-state index in [-0.39, 0.29) is 9.68 Å². The van der Waals surface area contributed by atoms with Gasteiger partial charge in [-0.3, -0.25) is 0 Å². The Bertz CT molecular complexity index is 108. The summed E-state index contributed by atoms with van der Waals surface area (Å²) in [6, 6.07) is 2.12. The van der Waals surface area contributed by atoms with E-state index in [0.717, 1.165) is 6.04 Å². The number of allylic oxidation sites excluding steroid dienone is 1. The van der Waals surface area contributed by atoms with Crippen LogP contribution in [0.4, 0.5) is 0 Å². The van der Waals surface area contributed by atoms with Gasteiger partial charge in [-0.25, -0.2) is 0 Å². The zero-order valence-corrected chi connectivity index (χ0v) is 8.73. The van der Waals surface area contributed by atoms with Crippen LogP contribution in [0.2, 0.25) is 6.04 Å². The van der Waals surface area contributed by atoms with Gasteiger partial charge in [-0.1, -0.05) is 25.3 Å². The summed E-state index contributed by atoms with van der Waals surface area (Å²) in [6.45, 7) is 3.74. The Morgan fingerprint density at radius 3 is 2.73 bits per heavy atom. The first-order valence-corrected chi connectivity index (χ1v) is 6.48. The smallest absolute Gasteiger partial charge is 0.0956 e. The van der Waals surface area contributed by atoms with Gasteiger partial charge in [0.25, 0.3) is 0 Å². The van der Waals surface area contributed by atoms with E-state index in [1.54, 1.807) is 0 Å². The predicted molar refractivity (Wildman–Crippen MR) is 53.6 cm³/mol. The van der Waals surface area contributed by atoms with Crippen molar-refractivity contribution >= 4 is 9.68 Å². The molecule has 1 nitrogen and oxygen atoms in total. The molecule has 11 heavy (non-hydrogen) atoms. The predicted octanol–water partition coefficient (Wildman–Crippen LogP) is 1.60. The lowest BCUT2D eigenvalue weighted by Gasteiger charge is -2.22. The Morgan fingerprint density at radius 1 is 1.36 bits per heavy atom. The van der Waals surface area contributed by atoms with Crippen molar-refractivity contribution < 1.29 is 0 Å². The molecular weight excluding hydrogens is 150 g/mol. The largest absolute Gasteiger partial charge is 0.339 e. The Labute approximate surface area is 72.2 Å². The van der Waals surface area contributed by atoms with E-state index in [1.165, 1.54) is 38.1 Å². The molecule has 0 aromatic carbocycles. The van der Waals surface area contributed by atoms with Crippen LogP contribution in [0, 0.1) is 0 Å². The van der Waals surface area contributed by atoms with Crippen molar-refractivity contribution in [1.82, 2.24) is 4.98 Å². The molecule has 0 radical (unpaired) electrons. The van der Waals surface area contributed by atoms with Gasteiger partial charge in [0, 0.05) is 0 Å². The van der Waals surface area contributed by atoms with Gasteiger partial charge in [0.1, 0.15) is 0 Å². The summed E-state index contributed by atoms with van der Waals surface area (Å²) in [6.07, 6.45) is 9.23. The van der Waals surface area contributed by atoms with Crippen LogP contribution in [0.25, 0.3) is 0 Å². The van der Waals surface area contributed by atoms with E-state index in [0.29, 0.717) is 0 Å². The molecule has 1 fully saturated rings. The van der Waals surface area contributed by atoms with Crippen LogP contribution in [0.3, 0.4) is 0 Å². The average molecular weight is 169 g/mol. The van der Waals surface area contributed by atoms with Gasteiger partial charge >= 0.3 is 0 Å². The van der Waals surface area contributed by atoms with Crippen LogP contribution >= 0.6 is 0 Å². The van der Waals surface area contributed by atoms with Crippen LogP contribution in [-0.2, 0) is 0 Å². The minimum Gasteiger partial charge on any atom is -0.339 e. The average Bonchev–Trinajstić information content (AvgIpc) is 2.07. The quantitative estimate of drug-likeness (QED) is 0.383. The molecular formula is C9H19NSi. The maximum absolute atomic E-state index is 3.74. The summed E-state index contributed by atoms with van der Waals surface area (Å²) in [5.41, 5.74) is 0. The normalized spacial score (nSPS) is 21.1. The fraction of sp³-hybridized carbons (Fsp3) is 0.778. The molecule has 1 saturated carbocycles. The van der Waals surface area contributed by atoms with E-state index in [4.69, 9.17) is 0 Å². The standard InChI is InChI=1S/C9H19NSi/c1-2-8-11-10-9-6-4-3-5-7-9/h2,9-10H,1,3-8,11H2. The molecule has 0 heterocycles. The lowest BCUT2D eigenvalue weighted by molar-refractivity contribution is 0.418. The third kappa shape index (κ3) is 3.73. The van der Waals surface area contributed by atoms with Crippen LogP contribution in [0.1, 0.15) is 32.1 Å². The van der Waals surface area contributed by atoms with Crippen molar-refractivity contribution in [3.63, 3.8) is 0 Å². The monoisotopic (exact) mass is 169 g/mol. The third-order valence-corrected chi connectivity index (χ3v) is 3.95. The molecule has 1 aliphatic carbocycles. The van der Waals surface area contributed by atoms with E-state index in [9.17, 15) is 0 Å². The second-order valence-corrected chi connectivity index (χ2v) is 4.85.